The summed E-state index contributed by atoms with van der Waals surface area (Å²) < 4.78 is 14.3. The normalized spacial score (nSPS) is 11.5. The molecule has 0 radical (unpaired) electrons. The van der Waals surface area contributed by atoms with E-state index in [4.69, 9.17) is 0 Å². The largest absolute Gasteiger partial charge is 0.206 e. The van der Waals surface area contributed by atoms with Gasteiger partial charge in [-0.3, -0.25) is 0 Å². The first-order chi connectivity index (χ1) is 11.2. The van der Waals surface area contributed by atoms with E-state index in [0.717, 1.165) is 24.0 Å². The highest BCUT2D eigenvalue weighted by molar-refractivity contribution is 5.52. The molecule has 0 unspecified atom stereocenters. The summed E-state index contributed by atoms with van der Waals surface area (Å²) in [5, 5.41) is 0. The maximum Gasteiger partial charge on any atom is 0.131 e. The van der Waals surface area contributed by atoms with Gasteiger partial charge in [0.15, 0.2) is 0 Å². The molecule has 0 heterocycles. The minimum absolute atomic E-state index is 0.209. The highest BCUT2D eigenvalue weighted by Gasteiger charge is 2.05. The molecule has 0 aliphatic rings. The van der Waals surface area contributed by atoms with E-state index in [2.05, 4.69) is 46.1 Å². The van der Waals surface area contributed by atoms with E-state index in [0.29, 0.717) is 16.7 Å². The van der Waals surface area contributed by atoms with E-state index in [9.17, 15) is 4.39 Å². The van der Waals surface area contributed by atoms with Crippen LogP contribution in [0.2, 0.25) is 0 Å². The van der Waals surface area contributed by atoms with Crippen LogP contribution < -0.4 is 0 Å². The van der Waals surface area contributed by atoms with Gasteiger partial charge in [0, 0.05) is 5.57 Å². The first kappa shape index (κ1) is 21.3. The van der Waals surface area contributed by atoms with Gasteiger partial charge in [0.25, 0.3) is 0 Å². The molecule has 0 saturated carbocycles. The molecule has 0 spiro atoms. The molecule has 0 fully saturated rings. The van der Waals surface area contributed by atoms with E-state index in [1.165, 1.54) is 6.08 Å². The molecule has 0 bridgehead atoms. The number of hydrogen-bond donors (Lipinski definition) is 0. The molecule has 0 rings (SSSR count). The van der Waals surface area contributed by atoms with Gasteiger partial charge >= 0.3 is 0 Å². The van der Waals surface area contributed by atoms with Crippen LogP contribution in [0, 0.1) is 0 Å². The highest BCUT2D eigenvalue weighted by atomic mass is 19.1. The molecular formula is C23H27F. The summed E-state index contributed by atoms with van der Waals surface area (Å²) in [6.07, 6.45) is 11.9. The van der Waals surface area contributed by atoms with Crippen LogP contribution in [0.4, 0.5) is 4.39 Å². The number of hydrogen-bond acceptors (Lipinski definition) is 0. The first-order valence-electron chi connectivity index (χ1n) is 7.63. The Hall–Kier alpha value is -2.67. The van der Waals surface area contributed by atoms with Gasteiger partial charge in [0.05, 0.1) is 0 Å². The third kappa shape index (κ3) is 8.70. The van der Waals surface area contributed by atoms with E-state index in [-0.39, 0.29) is 5.57 Å². The Morgan fingerprint density at radius 1 is 0.833 bits per heavy atom. The fourth-order valence-corrected chi connectivity index (χ4v) is 1.53. The van der Waals surface area contributed by atoms with Crippen LogP contribution in [0.25, 0.3) is 0 Å². The van der Waals surface area contributed by atoms with Crippen LogP contribution in [-0.2, 0) is 0 Å². The summed E-state index contributed by atoms with van der Waals surface area (Å²) in [5.41, 5.74) is 3.59. The van der Waals surface area contributed by atoms with Crippen LogP contribution in [0.15, 0.2) is 122 Å². The average Bonchev–Trinajstić information content (AvgIpc) is 2.54. The van der Waals surface area contributed by atoms with Crippen molar-refractivity contribution in [3.8, 4) is 0 Å². The Morgan fingerprint density at radius 3 is 1.96 bits per heavy atom. The van der Waals surface area contributed by atoms with E-state index >= 15 is 0 Å². The van der Waals surface area contributed by atoms with Crippen LogP contribution >= 0.6 is 0 Å². The predicted octanol–water partition coefficient (Wildman–Crippen LogP) is 7.28. The van der Waals surface area contributed by atoms with Gasteiger partial charge in [-0.25, -0.2) is 4.39 Å². The molecule has 0 aromatic carbocycles. The lowest BCUT2D eigenvalue weighted by atomic mass is 10.0. The van der Waals surface area contributed by atoms with Crippen molar-refractivity contribution >= 4 is 0 Å². The lowest BCUT2D eigenvalue weighted by molar-refractivity contribution is 0.655. The molecule has 0 saturated heterocycles. The summed E-state index contributed by atoms with van der Waals surface area (Å²) in [7, 11) is 0. The van der Waals surface area contributed by atoms with E-state index in [1.807, 2.05) is 19.1 Å². The molecule has 0 aliphatic heterocycles. The van der Waals surface area contributed by atoms with Crippen LogP contribution in [-0.4, -0.2) is 0 Å². The van der Waals surface area contributed by atoms with Gasteiger partial charge in [-0.1, -0.05) is 81.0 Å². The third-order valence-corrected chi connectivity index (χ3v) is 3.15. The molecule has 1 heteroatoms. The minimum Gasteiger partial charge on any atom is -0.206 e. The Labute approximate surface area is 146 Å². The second-order valence-electron chi connectivity index (χ2n) is 5.55. The molecule has 126 valence electrons. The second-order valence-corrected chi connectivity index (χ2v) is 5.55. The van der Waals surface area contributed by atoms with Crippen molar-refractivity contribution < 1.29 is 4.39 Å². The van der Waals surface area contributed by atoms with Crippen molar-refractivity contribution in [2.24, 2.45) is 0 Å². The molecule has 0 nitrogen and oxygen atoms in total. The molecule has 0 N–H and O–H groups in total. The zero-order valence-corrected chi connectivity index (χ0v) is 14.7. The van der Waals surface area contributed by atoms with Crippen molar-refractivity contribution in [3.05, 3.63) is 122 Å². The maximum atomic E-state index is 14.3. The summed E-state index contributed by atoms with van der Waals surface area (Å²) in [6, 6.07) is 0. The number of allylic oxidation sites excluding steroid dienone is 13. The highest BCUT2D eigenvalue weighted by Crippen LogP contribution is 2.22. The molecular weight excluding hydrogens is 295 g/mol. The van der Waals surface area contributed by atoms with Gasteiger partial charge < -0.3 is 0 Å². The maximum absolute atomic E-state index is 14.3. The van der Waals surface area contributed by atoms with Gasteiger partial charge in [0.1, 0.15) is 5.83 Å². The Balaban J connectivity index is 4.87. The zero-order valence-electron chi connectivity index (χ0n) is 14.7. The van der Waals surface area contributed by atoms with Gasteiger partial charge in [0.2, 0.25) is 0 Å². The second kappa shape index (κ2) is 11.0. The quantitative estimate of drug-likeness (QED) is 0.277. The van der Waals surface area contributed by atoms with Crippen molar-refractivity contribution in [2.45, 2.75) is 19.8 Å². The smallest absolute Gasteiger partial charge is 0.131 e. The molecule has 24 heavy (non-hydrogen) atoms. The SMILES string of the molecule is C=CCCC(=C)/C=C\C(=C)C(=C)/C(F)=C\C(=C)C(=C)/C=C\C(=C)C. The summed E-state index contributed by atoms with van der Waals surface area (Å²) in [4.78, 5) is 0. The fourth-order valence-electron chi connectivity index (χ4n) is 1.53. The number of rotatable bonds is 11. The average molecular weight is 322 g/mol. The standard InChI is InChI=1S/C23H27F/c1-9-10-11-18(4)13-15-20(6)22(8)23(24)16-21(7)19(5)14-12-17(2)3/h9,12-16H,1-2,4-8,10-11H2,3H3/b14-12-,15-13-,23-16+. The molecule has 0 aromatic rings. The van der Waals surface area contributed by atoms with Crippen molar-refractivity contribution in [3.63, 3.8) is 0 Å². The molecule has 0 atom stereocenters. The Morgan fingerprint density at radius 2 is 1.42 bits per heavy atom. The molecule has 0 amide bonds. The third-order valence-electron chi connectivity index (χ3n) is 3.15. The Kier molecular flexibility index (Phi) is 9.74. The van der Waals surface area contributed by atoms with Gasteiger partial charge in [-0.05, 0) is 42.6 Å². The fraction of sp³-hybridized carbons (Fsp3) is 0.130. The zero-order chi connectivity index (χ0) is 18.7. The topological polar surface area (TPSA) is 0 Å². The first-order valence-corrected chi connectivity index (χ1v) is 7.63. The Bertz CT molecular complexity index is 660. The van der Waals surface area contributed by atoms with Crippen LogP contribution in [0.5, 0.6) is 0 Å². The summed E-state index contributed by atoms with van der Waals surface area (Å²) in [5.74, 6) is -0.490. The molecule has 0 aromatic heterocycles. The lowest BCUT2D eigenvalue weighted by Gasteiger charge is -2.05. The van der Waals surface area contributed by atoms with Gasteiger partial charge in [-0.2, -0.15) is 0 Å². The summed E-state index contributed by atoms with van der Waals surface area (Å²) >= 11 is 0. The van der Waals surface area contributed by atoms with Crippen molar-refractivity contribution in [2.75, 3.05) is 0 Å². The van der Waals surface area contributed by atoms with Gasteiger partial charge in [-0.15, -0.1) is 6.58 Å². The number of halogens is 1. The molecule has 0 aliphatic carbocycles. The monoisotopic (exact) mass is 322 g/mol. The predicted molar refractivity (Wildman–Crippen MR) is 107 cm³/mol. The van der Waals surface area contributed by atoms with Crippen molar-refractivity contribution in [1.82, 2.24) is 0 Å². The van der Waals surface area contributed by atoms with Crippen molar-refractivity contribution in [1.29, 1.82) is 0 Å². The lowest BCUT2D eigenvalue weighted by Crippen LogP contribution is -1.88. The van der Waals surface area contributed by atoms with Crippen LogP contribution in [0.1, 0.15) is 19.8 Å². The van der Waals surface area contributed by atoms with E-state index in [1.54, 1.807) is 18.2 Å². The summed E-state index contributed by atoms with van der Waals surface area (Å²) in [6.45, 7) is 28.4. The van der Waals surface area contributed by atoms with Crippen LogP contribution in [0.3, 0.4) is 0 Å². The van der Waals surface area contributed by atoms with E-state index < -0.39 is 5.83 Å². The minimum atomic E-state index is -0.490.